The Bertz CT molecular complexity index is 1280. The van der Waals surface area contributed by atoms with Gasteiger partial charge in [-0.2, -0.15) is 0 Å². The first-order valence-corrected chi connectivity index (χ1v) is 11.6. The van der Waals surface area contributed by atoms with Crippen LogP contribution < -0.4 is 10.6 Å². The number of carbonyl (C=O) groups is 4. The molecule has 5 rings (SSSR count). The summed E-state index contributed by atoms with van der Waals surface area (Å²) < 4.78 is 5.56. The van der Waals surface area contributed by atoms with E-state index in [2.05, 4.69) is 15.6 Å². The number of hydrogen-bond acceptors (Lipinski definition) is 7. The molecule has 1 saturated heterocycles. The second-order valence-corrected chi connectivity index (χ2v) is 8.80. The van der Waals surface area contributed by atoms with Crippen molar-refractivity contribution in [2.24, 2.45) is 0 Å². The highest BCUT2D eigenvalue weighted by molar-refractivity contribution is 7.13. The second-order valence-electron chi connectivity index (χ2n) is 7.91. The third-order valence-corrected chi connectivity index (χ3v) is 6.40. The van der Waals surface area contributed by atoms with Crippen LogP contribution in [-0.4, -0.2) is 52.8 Å². The molecule has 2 aliphatic heterocycles. The number of thiazole rings is 1. The van der Waals surface area contributed by atoms with E-state index in [1.165, 1.54) is 34.4 Å². The molecule has 1 fully saturated rings. The summed E-state index contributed by atoms with van der Waals surface area (Å²) in [6, 6.07) is 11.0. The Kier molecular flexibility index (Phi) is 5.91. The fourth-order valence-electron chi connectivity index (χ4n) is 4.02. The van der Waals surface area contributed by atoms with Crippen molar-refractivity contribution in [1.29, 1.82) is 0 Å². The highest BCUT2D eigenvalue weighted by atomic mass is 32.1. The third kappa shape index (κ3) is 4.20. The maximum absolute atomic E-state index is 13.0. The highest BCUT2D eigenvalue weighted by Crippen LogP contribution is 2.27. The van der Waals surface area contributed by atoms with Crippen molar-refractivity contribution in [2.75, 3.05) is 23.8 Å². The number of benzene rings is 2. The number of nitrogens with one attached hydrogen (secondary N) is 2. The molecule has 0 aliphatic carbocycles. The van der Waals surface area contributed by atoms with Gasteiger partial charge in [0.25, 0.3) is 23.6 Å². The first-order valence-electron chi connectivity index (χ1n) is 10.7. The standard InChI is InChI=1S/C24H20N4O5S/c29-20(26-19-6-2-1-5-17(19)21(30)27-24-25-9-11-34-24)14-7-8-16-18(12-14)23(32)28(22(16)31)13-15-4-3-10-33-15/h1-2,5-9,11-12,15H,3-4,10,13H2,(H,26,29)(H,25,27,30). The van der Waals surface area contributed by atoms with E-state index in [1.54, 1.807) is 35.8 Å². The maximum atomic E-state index is 13.0. The van der Waals surface area contributed by atoms with Gasteiger partial charge in [0.1, 0.15) is 0 Å². The van der Waals surface area contributed by atoms with E-state index >= 15 is 0 Å². The number of fused-ring (bicyclic) bond motifs is 1. The molecule has 4 amide bonds. The van der Waals surface area contributed by atoms with E-state index in [-0.39, 0.29) is 40.8 Å². The smallest absolute Gasteiger partial charge is 0.261 e. The molecule has 34 heavy (non-hydrogen) atoms. The molecule has 1 unspecified atom stereocenters. The number of amides is 4. The van der Waals surface area contributed by atoms with Gasteiger partial charge >= 0.3 is 0 Å². The van der Waals surface area contributed by atoms with E-state index in [4.69, 9.17) is 4.74 Å². The number of hydrogen-bond donors (Lipinski definition) is 2. The highest BCUT2D eigenvalue weighted by Gasteiger charge is 2.38. The van der Waals surface area contributed by atoms with Gasteiger partial charge in [-0.3, -0.25) is 29.4 Å². The van der Waals surface area contributed by atoms with Crippen molar-refractivity contribution >= 4 is 45.8 Å². The first-order chi connectivity index (χ1) is 16.5. The fourth-order valence-corrected chi connectivity index (χ4v) is 4.55. The molecule has 2 aliphatic rings. The van der Waals surface area contributed by atoms with Gasteiger partial charge in [0.05, 0.1) is 35.0 Å². The topological polar surface area (TPSA) is 118 Å². The van der Waals surface area contributed by atoms with Crippen LogP contribution in [0.5, 0.6) is 0 Å². The lowest BCUT2D eigenvalue weighted by Gasteiger charge is -2.17. The van der Waals surface area contributed by atoms with Gasteiger partial charge < -0.3 is 10.1 Å². The van der Waals surface area contributed by atoms with E-state index < -0.39 is 17.7 Å². The van der Waals surface area contributed by atoms with Crippen LogP contribution in [0.15, 0.2) is 54.0 Å². The molecule has 0 radical (unpaired) electrons. The quantitative estimate of drug-likeness (QED) is 0.527. The molecule has 10 heteroatoms. The predicted molar refractivity (Wildman–Crippen MR) is 125 cm³/mol. The molecule has 9 nitrogen and oxygen atoms in total. The molecule has 2 N–H and O–H groups in total. The van der Waals surface area contributed by atoms with E-state index in [1.807, 2.05) is 0 Å². The van der Waals surface area contributed by atoms with Crippen molar-refractivity contribution in [1.82, 2.24) is 9.88 Å². The van der Waals surface area contributed by atoms with E-state index in [0.29, 0.717) is 17.4 Å². The van der Waals surface area contributed by atoms with E-state index in [9.17, 15) is 19.2 Å². The fraction of sp³-hybridized carbons (Fsp3) is 0.208. The summed E-state index contributed by atoms with van der Waals surface area (Å²) >= 11 is 1.28. The second kappa shape index (κ2) is 9.16. The Balaban J connectivity index is 1.33. The number of rotatable bonds is 6. The summed E-state index contributed by atoms with van der Waals surface area (Å²) in [5.74, 6) is -1.74. The minimum atomic E-state index is -0.505. The summed E-state index contributed by atoms with van der Waals surface area (Å²) in [5.41, 5.74) is 1.23. The Morgan fingerprint density at radius 1 is 1.06 bits per heavy atom. The number of carbonyl (C=O) groups excluding carboxylic acids is 4. The van der Waals surface area contributed by atoms with Crippen LogP contribution >= 0.6 is 11.3 Å². The summed E-state index contributed by atoms with van der Waals surface area (Å²) in [6.07, 6.45) is 3.13. The zero-order valence-corrected chi connectivity index (χ0v) is 18.8. The summed E-state index contributed by atoms with van der Waals surface area (Å²) in [4.78, 5) is 56.5. The zero-order chi connectivity index (χ0) is 23.7. The number of ether oxygens (including phenoxy) is 1. The average Bonchev–Trinajstić information content (AvgIpc) is 3.59. The Morgan fingerprint density at radius 3 is 2.65 bits per heavy atom. The zero-order valence-electron chi connectivity index (χ0n) is 17.9. The average molecular weight is 477 g/mol. The minimum Gasteiger partial charge on any atom is -0.376 e. The maximum Gasteiger partial charge on any atom is 0.261 e. The first kappa shape index (κ1) is 21.9. The molecule has 2 aromatic carbocycles. The van der Waals surface area contributed by atoms with Gasteiger partial charge in [-0.25, -0.2) is 4.98 Å². The number of imide groups is 1. The lowest BCUT2D eigenvalue weighted by molar-refractivity contribution is 0.0475. The lowest BCUT2D eigenvalue weighted by Crippen LogP contribution is -2.36. The van der Waals surface area contributed by atoms with Crippen molar-refractivity contribution in [3.8, 4) is 0 Å². The molecule has 0 spiro atoms. The minimum absolute atomic E-state index is 0.156. The molecular weight excluding hydrogens is 456 g/mol. The predicted octanol–water partition coefficient (Wildman–Crippen LogP) is 3.42. The van der Waals surface area contributed by atoms with Crippen LogP contribution in [0, 0.1) is 0 Å². The summed E-state index contributed by atoms with van der Waals surface area (Å²) in [5, 5.41) is 7.60. The van der Waals surface area contributed by atoms with Crippen LogP contribution in [0.4, 0.5) is 10.8 Å². The van der Waals surface area contributed by atoms with Crippen LogP contribution in [-0.2, 0) is 4.74 Å². The van der Waals surface area contributed by atoms with Crippen molar-refractivity contribution < 1.29 is 23.9 Å². The lowest BCUT2D eigenvalue weighted by atomic mass is 10.0. The van der Waals surface area contributed by atoms with Crippen molar-refractivity contribution in [3.63, 3.8) is 0 Å². The van der Waals surface area contributed by atoms with Crippen molar-refractivity contribution in [2.45, 2.75) is 18.9 Å². The van der Waals surface area contributed by atoms with Gasteiger partial charge in [0.2, 0.25) is 0 Å². The molecular formula is C24H20N4O5S. The number of para-hydroxylation sites is 1. The Morgan fingerprint density at radius 2 is 1.88 bits per heavy atom. The molecule has 0 bridgehead atoms. The van der Waals surface area contributed by atoms with Crippen LogP contribution in [0.3, 0.4) is 0 Å². The van der Waals surface area contributed by atoms with Crippen LogP contribution in [0.2, 0.25) is 0 Å². The summed E-state index contributed by atoms with van der Waals surface area (Å²) in [6.45, 7) is 0.830. The van der Waals surface area contributed by atoms with Crippen molar-refractivity contribution in [3.05, 3.63) is 76.3 Å². The number of aromatic nitrogens is 1. The molecule has 0 saturated carbocycles. The van der Waals surface area contributed by atoms with Gasteiger partial charge in [0.15, 0.2) is 5.13 Å². The van der Waals surface area contributed by atoms with E-state index in [0.717, 1.165) is 12.8 Å². The molecule has 1 atom stereocenters. The van der Waals surface area contributed by atoms with Gasteiger partial charge in [-0.1, -0.05) is 12.1 Å². The summed E-state index contributed by atoms with van der Waals surface area (Å²) in [7, 11) is 0. The SMILES string of the molecule is O=C(Nc1ccccc1C(=O)Nc1nccs1)c1ccc2c(c1)C(=O)N(CC1CCCO1)C2=O. The molecule has 3 heterocycles. The van der Waals surface area contributed by atoms with Gasteiger partial charge in [-0.05, 0) is 43.2 Å². The van der Waals surface area contributed by atoms with Crippen LogP contribution in [0.25, 0.3) is 0 Å². The normalized spacial score (nSPS) is 17.1. The Hall–Kier alpha value is -3.89. The number of anilines is 2. The van der Waals surface area contributed by atoms with Crippen LogP contribution in [0.1, 0.15) is 54.3 Å². The van der Waals surface area contributed by atoms with Gasteiger partial charge in [-0.15, -0.1) is 11.3 Å². The number of nitrogens with zero attached hydrogens (tertiary/aromatic N) is 2. The largest absolute Gasteiger partial charge is 0.376 e. The van der Waals surface area contributed by atoms with Gasteiger partial charge in [0, 0.05) is 23.7 Å². The molecule has 172 valence electrons. The molecule has 3 aromatic rings. The third-order valence-electron chi connectivity index (χ3n) is 5.72. The molecule has 1 aromatic heterocycles. The Labute approximate surface area is 198 Å². The monoisotopic (exact) mass is 476 g/mol.